The van der Waals surface area contributed by atoms with Crippen molar-refractivity contribution >= 4 is 21.6 Å². The van der Waals surface area contributed by atoms with Crippen LogP contribution in [0.5, 0.6) is 0 Å². The largest absolute Gasteiger partial charge is 0.351 e. The van der Waals surface area contributed by atoms with Crippen molar-refractivity contribution < 1.29 is 17.6 Å². The van der Waals surface area contributed by atoms with Crippen LogP contribution in [0.1, 0.15) is 48.9 Å². The molecular weight excluding hydrogens is 345 g/mol. The molecule has 1 fully saturated rings. The summed E-state index contributed by atoms with van der Waals surface area (Å²) in [5, 5.41) is 6.14. The fourth-order valence-electron chi connectivity index (χ4n) is 3.02. The van der Waals surface area contributed by atoms with Gasteiger partial charge in [-0.05, 0) is 31.0 Å². The molecule has 1 aromatic rings. The van der Waals surface area contributed by atoms with Crippen LogP contribution in [0.25, 0.3) is 0 Å². The van der Waals surface area contributed by atoms with Gasteiger partial charge in [0.2, 0.25) is 10.0 Å². The van der Waals surface area contributed by atoms with Gasteiger partial charge in [-0.2, -0.15) is 0 Å². The third kappa shape index (κ3) is 6.99. The number of carbonyl (C=O) groups excluding carboxylic acids is 1. The molecule has 2 rings (SSSR count). The highest BCUT2D eigenvalue weighted by Crippen LogP contribution is 2.18. The minimum atomic E-state index is -3.55. The SMILES string of the molecule is CS(=O)(=O)Nc1ccc(F)cc1C(=O)NCCNC1CCCCCC1. The Morgan fingerprint density at radius 3 is 2.48 bits per heavy atom. The molecule has 1 aliphatic rings. The van der Waals surface area contributed by atoms with Crippen LogP contribution in [0.15, 0.2) is 18.2 Å². The maximum Gasteiger partial charge on any atom is 0.253 e. The van der Waals surface area contributed by atoms with E-state index in [1.165, 1.54) is 31.7 Å². The monoisotopic (exact) mass is 371 g/mol. The number of carbonyl (C=O) groups is 1. The van der Waals surface area contributed by atoms with Gasteiger partial charge in [0, 0.05) is 19.1 Å². The van der Waals surface area contributed by atoms with Crippen molar-refractivity contribution in [1.82, 2.24) is 10.6 Å². The van der Waals surface area contributed by atoms with E-state index in [2.05, 4.69) is 15.4 Å². The van der Waals surface area contributed by atoms with Gasteiger partial charge in [0.15, 0.2) is 0 Å². The number of benzene rings is 1. The zero-order chi connectivity index (χ0) is 18.3. The standard InChI is InChI=1S/C17H26FN3O3S/c1-25(23,24)21-16-9-8-13(18)12-15(16)17(22)20-11-10-19-14-6-4-2-3-5-7-14/h8-9,12,14,19,21H,2-7,10-11H2,1H3,(H,20,22). The number of nitrogens with one attached hydrogen (secondary N) is 3. The van der Waals surface area contributed by atoms with Crippen molar-refractivity contribution in [2.45, 2.75) is 44.6 Å². The molecule has 0 saturated heterocycles. The molecular formula is C17H26FN3O3S. The molecule has 0 spiro atoms. The summed E-state index contributed by atoms with van der Waals surface area (Å²) >= 11 is 0. The van der Waals surface area contributed by atoms with Crippen LogP contribution < -0.4 is 15.4 Å². The summed E-state index contributed by atoms with van der Waals surface area (Å²) in [6.07, 6.45) is 8.31. The number of hydrogen-bond donors (Lipinski definition) is 3. The van der Waals surface area contributed by atoms with Crippen LogP contribution in [-0.2, 0) is 10.0 Å². The molecule has 0 heterocycles. The predicted molar refractivity (Wildman–Crippen MR) is 96.7 cm³/mol. The lowest BCUT2D eigenvalue weighted by atomic mass is 10.1. The number of halogens is 1. The lowest BCUT2D eigenvalue weighted by Crippen LogP contribution is -2.37. The summed E-state index contributed by atoms with van der Waals surface area (Å²) in [7, 11) is -3.55. The minimum Gasteiger partial charge on any atom is -0.351 e. The van der Waals surface area contributed by atoms with Crippen LogP contribution in [0.3, 0.4) is 0 Å². The van der Waals surface area contributed by atoms with Gasteiger partial charge in [-0.3, -0.25) is 9.52 Å². The molecule has 0 bridgehead atoms. The average molecular weight is 371 g/mol. The van der Waals surface area contributed by atoms with Gasteiger partial charge in [0.1, 0.15) is 5.82 Å². The maximum atomic E-state index is 13.4. The number of anilines is 1. The Labute approximate surface area is 148 Å². The van der Waals surface area contributed by atoms with E-state index in [0.717, 1.165) is 31.2 Å². The highest BCUT2D eigenvalue weighted by Gasteiger charge is 2.16. The van der Waals surface area contributed by atoms with Gasteiger partial charge in [-0.25, -0.2) is 12.8 Å². The first-order valence-corrected chi connectivity index (χ1v) is 10.5. The van der Waals surface area contributed by atoms with E-state index < -0.39 is 21.7 Å². The summed E-state index contributed by atoms with van der Waals surface area (Å²) in [5.41, 5.74) is 0.0398. The molecule has 8 heteroatoms. The molecule has 1 aromatic carbocycles. The summed E-state index contributed by atoms with van der Waals surface area (Å²) in [5.74, 6) is -1.10. The number of hydrogen-bond acceptors (Lipinski definition) is 4. The molecule has 0 aliphatic heterocycles. The Kier molecular flexibility index (Phi) is 7.19. The third-order valence-electron chi connectivity index (χ3n) is 4.22. The first kappa shape index (κ1) is 19.7. The Morgan fingerprint density at radius 1 is 1.16 bits per heavy atom. The van der Waals surface area contributed by atoms with Gasteiger partial charge in [-0.1, -0.05) is 25.7 Å². The maximum absolute atomic E-state index is 13.4. The number of sulfonamides is 1. The average Bonchev–Trinajstić information content (AvgIpc) is 2.80. The van der Waals surface area contributed by atoms with Crippen molar-refractivity contribution in [2.75, 3.05) is 24.1 Å². The molecule has 1 saturated carbocycles. The van der Waals surface area contributed by atoms with E-state index in [9.17, 15) is 17.6 Å². The smallest absolute Gasteiger partial charge is 0.253 e. The lowest BCUT2D eigenvalue weighted by Gasteiger charge is -2.16. The summed E-state index contributed by atoms with van der Waals surface area (Å²) in [4.78, 5) is 12.3. The predicted octanol–water partition coefficient (Wildman–Crippen LogP) is 2.24. The Hall–Kier alpha value is -1.67. The van der Waals surface area contributed by atoms with E-state index in [1.54, 1.807) is 0 Å². The second kappa shape index (κ2) is 9.15. The molecule has 25 heavy (non-hydrogen) atoms. The Morgan fingerprint density at radius 2 is 1.84 bits per heavy atom. The van der Waals surface area contributed by atoms with E-state index in [0.29, 0.717) is 19.1 Å². The summed E-state index contributed by atoms with van der Waals surface area (Å²) < 4.78 is 38.4. The van der Waals surface area contributed by atoms with Crippen LogP contribution in [-0.4, -0.2) is 39.7 Å². The van der Waals surface area contributed by atoms with Gasteiger partial charge in [0.25, 0.3) is 5.91 Å². The lowest BCUT2D eigenvalue weighted by molar-refractivity contribution is 0.0954. The molecule has 140 valence electrons. The topological polar surface area (TPSA) is 87.3 Å². The molecule has 0 atom stereocenters. The van der Waals surface area contributed by atoms with Gasteiger partial charge in [0.05, 0.1) is 17.5 Å². The fraction of sp³-hybridized carbons (Fsp3) is 0.588. The van der Waals surface area contributed by atoms with Crippen molar-refractivity contribution in [2.24, 2.45) is 0 Å². The Balaban J connectivity index is 1.88. The van der Waals surface area contributed by atoms with E-state index in [1.807, 2.05) is 0 Å². The van der Waals surface area contributed by atoms with E-state index in [-0.39, 0.29) is 11.3 Å². The zero-order valence-corrected chi connectivity index (χ0v) is 15.3. The second-order valence-electron chi connectivity index (χ2n) is 6.46. The van der Waals surface area contributed by atoms with Crippen molar-refractivity contribution in [3.63, 3.8) is 0 Å². The van der Waals surface area contributed by atoms with Crippen LogP contribution in [0.2, 0.25) is 0 Å². The molecule has 3 N–H and O–H groups in total. The van der Waals surface area contributed by atoms with Crippen molar-refractivity contribution in [1.29, 1.82) is 0 Å². The third-order valence-corrected chi connectivity index (χ3v) is 4.81. The number of amides is 1. The zero-order valence-electron chi connectivity index (χ0n) is 14.5. The molecule has 1 aliphatic carbocycles. The first-order valence-electron chi connectivity index (χ1n) is 8.64. The second-order valence-corrected chi connectivity index (χ2v) is 8.21. The quantitative estimate of drug-likeness (QED) is 0.507. The summed E-state index contributed by atoms with van der Waals surface area (Å²) in [6, 6.07) is 3.87. The molecule has 0 unspecified atom stereocenters. The van der Waals surface area contributed by atoms with Crippen LogP contribution in [0, 0.1) is 5.82 Å². The number of rotatable bonds is 7. The molecule has 0 radical (unpaired) electrons. The van der Waals surface area contributed by atoms with Crippen LogP contribution in [0.4, 0.5) is 10.1 Å². The Bertz CT molecular complexity index is 686. The normalized spacial score (nSPS) is 16.2. The highest BCUT2D eigenvalue weighted by molar-refractivity contribution is 7.92. The fourth-order valence-corrected chi connectivity index (χ4v) is 3.60. The molecule has 1 amide bonds. The van der Waals surface area contributed by atoms with Gasteiger partial charge < -0.3 is 10.6 Å². The highest BCUT2D eigenvalue weighted by atomic mass is 32.2. The molecule has 6 nitrogen and oxygen atoms in total. The van der Waals surface area contributed by atoms with Crippen molar-refractivity contribution in [3.8, 4) is 0 Å². The van der Waals surface area contributed by atoms with Gasteiger partial charge in [-0.15, -0.1) is 0 Å². The summed E-state index contributed by atoms with van der Waals surface area (Å²) in [6.45, 7) is 1.02. The van der Waals surface area contributed by atoms with E-state index in [4.69, 9.17) is 0 Å². The minimum absolute atomic E-state index is 0.0279. The van der Waals surface area contributed by atoms with Gasteiger partial charge >= 0.3 is 0 Å². The van der Waals surface area contributed by atoms with E-state index >= 15 is 0 Å². The molecule has 0 aromatic heterocycles. The van der Waals surface area contributed by atoms with Crippen molar-refractivity contribution in [3.05, 3.63) is 29.6 Å². The first-order chi connectivity index (χ1) is 11.8. The van der Waals surface area contributed by atoms with Crippen LogP contribution >= 0.6 is 0 Å².